The number of nitrogens with zero attached hydrogens (tertiary/aromatic N) is 3. The van der Waals surface area contributed by atoms with E-state index in [0.717, 1.165) is 16.3 Å². The minimum atomic E-state index is -0.108. The number of benzene rings is 1. The van der Waals surface area contributed by atoms with Crippen molar-refractivity contribution in [3.05, 3.63) is 61.6 Å². The highest BCUT2D eigenvalue weighted by atomic mass is 32.1. The van der Waals surface area contributed by atoms with Gasteiger partial charge in [-0.2, -0.15) is 0 Å². The van der Waals surface area contributed by atoms with Crippen LogP contribution in [0.3, 0.4) is 0 Å². The van der Waals surface area contributed by atoms with E-state index in [0.29, 0.717) is 30.9 Å². The van der Waals surface area contributed by atoms with Gasteiger partial charge in [0.05, 0.1) is 0 Å². The lowest BCUT2D eigenvalue weighted by molar-refractivity contribution is -0.116. The fourth-order valence-electron chi connectivity index (χ4n) is 2.40. The molecule has 3 rings (SSSR count). The van der Waals surface area contributed by atoms with Crippen molar-refractivity contribution in [1.82, 2.24) is 14.8 Å². The molecule has 1 N–H and O–H groups in total. The number of amides is 1. The zero-order valence-electron chi connectivity index (χ0n) is 13.8. The summed E-state index contributed by atoms with van der Waals surface area (Å²) in [6.45, 7) is 2.45. The molecule has 130 valence electrons. The molecule has 2 heterocycles. The topological polar surface area (TPSA) is 76.9 Å². The maximum Gasteiger partial charge on any atom is 0.307 e. The van der Waals surface area contributed by atoms with Crippen LogP contribution in [0, 0.1) is 6.92 Å². The first-order chi connectivity index (χ1) is 12.1. The lowest BCUT2D eigenvalue weighted by Crippen LogP contribution is -2.17. The van der Waals surface area contributed by atoms with Crippen molar-refractivity contribution in [1.29, 1.82) is 0 Å². The molecule has 0 bridgehead atoms. The van der Waals surface area contributed by atoms with Crippen LogP contribution in [-0.2, 0) is 17.8 Å². The van der Waals surface area contributed by atoms with E-state index in [4.69, 9.17) is 0 Å². The summed E-state index contributed by atoms with van der Waals surface area (Å²) < 4.78 is 1.70. The summed E-state index contributed by atoms with van der Waals surface area (Å²) in [6.07, 6.45) is 1.66. The van der Waals surface area contributed by atoms with Gasteiger partial charge in [0.2, 0.25) is 11.0 Å². The summed E-state index contributed by atoms with van der Waals surface area (Å²) in [6, 6.07) is 10.0. The molecule has 6 nitrogen and oxygen atoms in total. The van der Waals surface area contributed by atoms with Crippen molar-refractivity contribution in [3.8, 4) is 0 Å². The Labute approximate surface area is 153 Å². The molecule has 25 heavy (non-hydrogen) atoms. The van der Waals surface area contributed by atoms with E-state index in [2.05, 4.69) is 15.5 Å². The Hall–Kier alpha value is -2.32. The third kappa shape index (κ3) is 4.83. The Kier molecular flexibility index (Phi) is 5.72. The first-order valence-electron chi connectivity index (χ1n) is 7.93. The van der Waals surface area contributed by atoms with E-state index >= 15 is 0 Å². The van der Waals surface area contributed by atoms with Gasteiger partial charge >= 0.3 is 4.87 Å². The maximum absolute atomic E-state index is 12.0. The van der Waals surface area contributed by atoms with Crippen molar-refractivity contribution in [2.45, 2.75) is 32.7 Å². The number of aryl methyl sites for hydroxylation is 1. The average Bonchev–Trinajstić information content (AvgIpc) is 3.16. The highest BCUT2D eigenvalue weighted by Crippen LogP contribution is 2.18. The molecule has 0 aliphatic carbocycles. The summed E-state index contributed by atoms with van der Waals surface area (Å²) in [5.41, 5.74) is 2.10. The van der Waals surface area contributed by atoms with E-state index in [1.54, 1.807) is 4.57 Å². The number of carbonyl (C=O) groups is 1. The number of hydrogen-bond acceptors (Lipinski definition) is 6. The average molecular weight is 374 g/mol. The lowest BCUT2D eigenvalue weighted by Gasteiger charge is -2.04. The van der Waals surface area contributed by atoms with Gasteiger partial charge in [-0.1, -0.05) is 53.0 Å². The fraction of sp³-hybridized carbons (Fsp3) is 0.294. The highest BCUT2D eigenvalue weighted by Gasteiger charge is 2.09. The smallest absolute Gasteiger partial charge is 0.303 e. The fourth-order valence-corrected chi connectivity index (χ4v) is 3.95. The van der Waals surface area contributed by atoms with Crippen LogP contribution in [0.1, 0.15) is 29.1 Å². The Bertz CT molecular complexity index is 899. The third-order valence-corrected chi connectivity index (χ3v) is 5.39. The van der Waals surface area contributed by atoms with Crippen LogP contribution in [0.2, 0.25) is 0 Å². The van der Waals surface area contributed by atoms with Crippen molar-refractivity contribution in [3.63, 3.8) is 0 Å². The Morgan fingerprint density at radius 2 is 2.04 bits per heavy atom. The van der Waals surface area contributed by atoms with Crippen LogP contribution in [0.5, 0.6) is 0 Å². The molecule has 0 spiro atoms. The van der Waals surface area contributed by atoms with Gasteiger partial charge in [-0.3, -0.25) is 9.59 Å². The molecular weight excluding hydrogens is 356 g/mol. The normalized spacial score (nSPS) is 10.8. The second-order valence-electron chi connectivity index (χ2n) is 5.61. The molecule has 0 aliphatic heterocycles. The van der Waals surface area contributed by atoms with Crippen molar-refractivity contribution in [2.75, 3.05) is 5.32 Å². The molecule has 0 radical (unpaired) electrons. The second kappa shape index (κ2) is 8.17. The zero-order chi connectivity index (χ0) is 17.6. The summed E-state index contributed by atoms with van der Waals surface area (Å²) in [4.78, 5) is 23.7. The molecule has 3 aromatic rings. The van der Waals surface area contributed by atoms with E-state index in [1.165, 1.54) is 22.7 Å². The van der Waals surface area contributed by atoms with Crippen molar-refractivity contribution < 1.29 is 4.79 Å². The summed E-state index contributed by atoms with van der Waals surface area (Å²) in [5.74, 6) is -0.108. The number of carbonyl (C=O) groups excluding carboxylic acids is 1. The Morgan fingerprint density at radius 1 is 1.24 bits per heavy atom. The predicted molar refractivity (Wildman–Crippen MR) is 100 cm³/mol. The van der Waals surface area contributed by atoms with Crippen LogP contribution >= 0.6 is 22.7 Å². The van der Waals surface area contributed by atoms with Crippen LogP contribution in [0.4, 0.5) is 5.13 Å². The Morgan fingerprint density at radius 3 is 2.76 bits per heavy atom. The number of nitrogens with one attached hydrogen (secondary N) is 1. The summed E-state index contributed by atoms with van der Waals surface area (Å²) in [7, 11) is 0. The number of anilines is 1. The third-order valence-electron chi connectivity index (χ3n) is 3.67. The number of hydrogen-bond donors (Lipinski definition) is 1. The lowest BCUT2D eigenvalue weighted by atomic mass is 10.2. The van der Waals surface area contributed by atoms with E-state index < -0.39 is 0 Å². The minimum Gasteiger partial charge on any atom is -0.303 e. The second-order valence-corrected chi connectivity index (χ2v) is 7.49. The van der Waals surface area contributed by atoms with E-state index in [9.17, 15) is 9.59 Å². The SMILES string of the molecule is Cc1csc(=O)n1CCCC(=O)Nc1nnc(Cc2ccccc2)s1. The molecule has 0 atom stereocenters. The van der Waals surface area contributed by atoms with E-state index in [1.807, 2.05) is 42.6 Å². The zero-order valence-corrected chi connectivity index (χ0v) is 15.4. The molecule has 0 fully saturated rings. The first-order valence-corrected chi connectivity index (χ1v) is 9.62. The van der Waals surface area contributed by atoms with Gasteiger partial charge in [0.1, 0.15) is 5.01 Å². The molecule has 1 amide bonds. The van der Waals surface area contributed by atoms with E-state index in [-0.39, 0.29) is 10.8 Å². The van der Waals surface area contributed by atoms with Gasteiger partial charge in [-0.15, -0.1) is 10.2 Å². The Balaban J connectivity index is 1.47. The standard InChI is InChI=1S/C17H18N4O2S2/c1-12-11-24-17(23)21(12)9-5-8-14(22)18-16-20-19-15(25-16)10-13-6-3-2-4-7-13/h2-4,6-7,11H,5,8-10H2,1H3,(H,18,20,22). The van der Waals surface area contributed by atoms with Crippen LogP contribution in [0.15, 0.2) is 40.5 Å². The molecule has 2 aromatic heterocycles. The van der Waals surface area contributed by atoms with Gasteiger partial charge in [0.15, 0.2) is 0 Å². The largest absolute Gasteiger partial charge is 0.307 e. The van der Waals surface area contributed by atoms with Crippen molar-refractivity contribution in [2.24, 2.45) is 0 Å². The molecule has 0 aliphatic rings. The van der Waals surface area contributed by atoms with Crippen LogP contribution < -0.4 is 10.2 Å². The number of aromatic nitrogens is 3. The van der Waals surface area contributed by atoms with Crippen LogP contribution in [0.25, 0.3) is 0 Å². The van der Waals surface area contributed by atoms with Gasteiger partial charge < -0.3 is 9.88 Å². The summed E-state index contributed by atoms with van der Waals surface area (Å²) in [5, 5.41) is 14.1. The number of thiazole rings is 1. The first kappa shape index (κ1) is 17.5. The molecule has 1 aromatic carbocycles. The van der Waals surface area contributed by atoms with Crippen molar-refractivity contribution >= 4 is 33.7 Å². The molecule has 8 heteroatoms. The van der Waals surface area contributed by atoms with Gasteiger partial charge in [0.25, 0.3) is 0 Å². The van der Waals surface area contributed by atoms with Gasteiger partial charge in [0, 0.05) is 30.5 Å². The maximum atomic E-state index is 12.0. The molecule has 0 saturated carbocycles. The quantitative estimate of drug-likeness (QED) is 0.689. The molecule has 0 unspecified atom stereocenters. The van der Waals surface area contributed by atoms with Gasteiger partial charge in [-0.25, -0.2) is 0 Å². The summed E-state index contributed by atoms with van der Waals surface area (Å²) >= 11 is 2.57. The minimum absolute atomic E-state index is 0.0209. The molecular formula is C17H18N4O2S2. The van der Waals surface area contributed by atoms with Gasteiger partial charge in [-0.05, 0) is 18.9 Å². The van der Waals surface area contributed by atoms with Crippen LogP contribution in [-0.4, -0.2) is 20.7 Å². The highest BCUT2D eigenvalue weighted by molar-refractivity contribution is 7.15. The monoisotopic (exact) mass is 374 g/mol. The molecule has 0 saturated heterocycles. The predicted octanol–water partition coefficient (Wildman–Crippen LogP) is 3.08. The number of rotatable bonds is 7.